The second-order valence-corrected chi connectivity index (χ2v) is 16.7. The second-order valence-electron chi connectivity index (χ2n) is 11.3. The number of phenols is 2. The number of hydrogen-bond acceptors (Lipinski definition) is 20. The Morgan fingerprint density at radius 1 is 0.467 bits per heavy atom. The van der Waals surface area contributed by atoms with Crippen molar-refractivity contribution in [1.82, 2.24) is 9.97 Å². The zero-order valence-corrected chi connectivity index (χ0v) is 42.6. The molecule has 4 aromatic carbocycles. The quantitative estimate of drug-likeness (QED) is 0.0558. The standard InChI is InChI=1S/C32H22N6O14S4.4Na/c39-31-23(15-27(55(47,48)49)21-3-1-11-33-29(21)31)37-35-19-9-7-17(25(13-19)53(41,42)43)5-6-18-8-10-20(14-26(18)54(44,45)46)36-38-24-16-28(56(50,51)52)22-4-2-12-34-30(22)32(24)40;;;;/h1-16,39-40H,(H,41,42,43)(H,44,45,46)(H,47,48,49)(H,50,51,52);;;;/q;4*+1/p-4. The van der Waals surface area contributed by atoms with Crippen molar-refractivity contribution < 1.29 is 180 Å². The van der Waals surface area contributed by atoms with Crippen LogP contribution in [-0.4, -0.2) is 72.1 Å². The molecule has 6 aromatic rings. The molecule has 2 aromatic heterocycles. The number of nitrogens with zero attached hydrogens (tertiary/aromatic N) is 6. The molecule has 0 bridgehead atoms. The molecule has 0 spiro atoms. The normalized spacial score (nSPS) is 12.3. The first-order chi connectivity index (χ1) is 26.1. The van der Waals surface area contributed by atoms with E-state index >= 15 is 0 Å². The monoisotopic (exact) mass is 930 g/mol. The number of pyridine rings is 2. The largest absolute Gasteiger partial charge is 1.00 e. The first kappa shape index (κ1) is 54.0. The number of hydrogen-bond donors (Lipinski definition) is 2. The molecule has 0 saturated heterocycles. The van der Waals surface area contributed by atoms with Crippen molar-refractivity contribution in [3.8, 4) is 11.5 Å². The fraction of sp³-hybridized carbons (Fsp3) is 0. The maximum Gasteiger partial charge on any atom is 1.00 e. The van der Waals surface area contributed by atoms with Gasteiger partial charge in [0.15, 0.2) is 11.5 Å². The van der Waals surface area contributed by atoms with Crippen LogP contribution in [0.5, 0.6) is 11.5 Å². The Morgan fingerprint density at radius 2 is 0.800 bits per heavy atom. The van der Waals surface area contributed by atoms with Crippen LogP contribution in [0, 0.1) is 0 Å². The van der Waals surface area contributed by atoms with Gasteiger partial charge in [0, 0.05) is 23.2 Å². The first-order valence-electron chi connectivity index (χ1n) is 15.0. The summed E-state index contributed by atoms with van der Waals surface area (Å²) in [7, 11) is -20.8. The zero-order valence-electron chi connectivity index (χ0n) is 31.3. The third-order valence-corrected chi connectivity index (χ3v) is 11.2. The molecule has 6 rings (SSSR count). The number of aromatic hydroxyl groups is 2. The Kier molecular flexibility index (Phi) is 18.9. The average molecular weight is 931 g/mol. The summed E-state index contributed by atoms with van der Waals surface area (Å²) < 4.78 is 145. The molecule has 0 aliphatic carbocycles. The Morgan fingerprint density at radius 3 is 1.12 bits per heavy atom. The Labute approximate surface area is 429 Å². The van der Waals surface area contributed by atoms with Crippen LogP contribution >= 0.6 is 0 Å². The van der Waals surface area contributed by atoms with Gasteiger partial charge in [-0.25, -0.2) is 33.7 Å². The summed E-state index contributed by atoms with van der Waals surface area (Å²) in [6, 6.07) is 12.4. The van der Waals surface area contributed by atoms with E-state index in [1.807, 2.05) is 0 Å². The summed E-state index contributed by atoms with van der Waals surface area (Å²) in [6.45, 7) is 0. The third kappa shape index (κ3) is 12.3. The zero-order chi connectivity index (χ0) is 40.8. The summed E-state index contributed by atoms with van der Waals surface area (Å²) >= 11 is 0. The number of phenolic OH excluding ortho intramolecular Hbond substituents is 2. The van der Waals surface area contributed by atoms with Gasteiger partial charge in [0.2, 0.25) is 0 Å². The molecule has 0 radical (unpaired) electrons. The van der Waals surface area contributed by atoms with Gasteiger partial charge >= 0.3 is 118 Å². The van der Waals surface area contributed by atoms with Gasteiger partial charge in [-0.2, -0.15) is 10.2 Å². The molecule has 2 N–H and O–H groups in total. The molecule has 0 aliphatic heterocycles. The summed E-state index contributed by atoms with van der Waals surface area (Å²) in [5.41, 5.74) is -2.94. The minimum atomic E-state index is -5.29. The van der Waals surface area contributed by atoms with Crippen molar-refractivity contribution in [3.05, 3.63) is 96.3 Å². The van der Waals surface area contributed by atoms with E-state index in [1.165, 1.54) is 36.7 Å². The van der Waals surface area contributed by atoms with Gasteiger partial charge < -0.3 is 28.4 Å². The first-order valence-corrected chi connectivity index (χ1v) is 20.6. The van der Waals surface area contributed by atoms with E-state index in [9.17, 15) is 62.1 Å². The SMILES string of the molecule is O=S(=O)([O-])c1cc(N=Nc2cc(S(=O)(=O)[O-])c3cccnc3c2O)ccc1C=Cc1ccc(N=Nc2cc(S(=O)(=O)[O-])c3cccnc3c2O)cc1S(=O)(=O)[O-].[Na+].[Na+].[Na+].[Na+]. The maximum absolute atomic E-state index is 12.2. The number of rotatable bonds is 10. The van der Waals surface area contributed by atoms with Crippen LogP contribution in [0.15, 0.2) is 125 Å². The number of aromatic nitrogens is 2. The second kappa shape index (κ2) is 21.0. The van der Waals surface area contributed by atoms with E-state index < -0.39 is 82.9 Å². The van der Waals surface area contributed by atoms with Crippen molar-refractivity contribution >= 4 is 97.2 Å². The van der Waals surface area contributed by atoms with Crippen molar-refractivity contribution in [2.24, 2.45) is 20.5 Å². The molecule has 0 atom stereocenters. The van der Waals surface area contributed by atoms with E-state index in [0.717, 1.165) is 60.7 Å². The van der Waals surface area contributed by atoms with Crippen LogP contribution in [0.2, 0.25) is 0 Å². The Balaban J connectivity index is 0.00000310. The molecule has 0 fully saturated rings. The van der Waals surface area contributed by atoms with Gasteiger partial charge in [-0.3, -0.25) is 9.97 Å². The van der Waals surface area contributed by atoms with Gasteiger partial charge in [0.1, 0.15) is 62.9 Å². The molecule has 0 unspecified atom stereocenters. The summed E-state index contributed by atoms with van der Waals surface area (Å²) in [5, 5.41) is 35.7. The Hall–Kier alpha value is -2.12. The molecule has 0 amide bonds. The molecule has 288 valence electrons. The predicted octanol–water partition coefficient (Wildman–Crippen LogP) is -7.17. The van der Waals surface area contributed by atoms with Gasteiger partial charge in [-0.05, 0) is 71.8 Å². The molecular formula is C32H18N6Na4O14S4. The van der Waals surface area contributed by atoms with Crippen LogP contribution < -0.4 is 118 Å². The summed E-state index contributed by atoms with van der Waals surface area (Å²) in [5.74, 6) is -1.34. The molecule has 2 heterocycles. The summed E-state index contributed by atoms with van der Waals surface area (Å²) in [4.78, 5) is 4.35. The molecule has 0 aliphatic rings. The molecular weight excluding hydrogens is 913 g/mol. The third-order valence-electron chi connectivity index (χ3n) is 7.68. The van der Waals surface area contributed by atoms with Crippen molar-refractivity contribution in [2.75, 3.05) is 0 Å². The van der Waals surface area contributed by atoms with Crippen molar-refractivity contribution in [3.63, 3.8) is 0 Å². The van der Waals surface area contributed by atoms with Gasteiger partial charge in [-0.15, -0.1) is 10.2 Å². The van der Waals surface area contributed by atoms with Crippen molar-refractivity contribution in [1.29, 1.82) is 0 Å². The number of benzene rings is 4. The smallest absolute Gasteiger partial charge is 0.744 e. The maximum atomic E-state index is 12.2. The van der Waals surface area contributed by atoms with Crippen molar-refractivity contribution in [2.45, 2.75) is 19.6 Å². The topological polar surface area (TPSA) is 344 Å². The van der Waals surface area contributed by atoms with E-state index in [-0.39, 0.29) is 163 Å². The average Bonchev–Trinajstić information content (AvgIpc) is 3.12. The number of fused-ring (bicyclic) bond motifs is 2. The van der Waals surface area contributed by atoms with E-state index in [2.05, 4.69) is 30.4 Å². The minimum Gasteiger partial charge on any atom is -0.744 e. The molecule has 60 heavy (non-hydrogen) atoms. The van der Waals surface area contributed by atoms with E-state index in [1.54, 1.807) is 0 Å². The fourth-order valence-electron chi connectivity index (χ4n) is 5.22. The van der Waals surface area contributed by atoms with Crippen LogP contribution in [0.25, 0.3) is 34.0 Å². The Bertz CT molecular complexity index is 2980. The van der Waals surface area contributed by atoms with Gasteiger partial charge in [0.05, 0.1) is 31.0 Å². The van der Waals surface area contributed by atoms with Gasteiger partial charge in [0.25, 0.3) is 0 Å². The van der Waals surface area contributed by atoms with E-state index in [0.29, 0.717) is 0 Å². The summed E-state index contributed by atoms with van der Waals surface area (Å²) in [6.07, 6.45) is 4.38. The van der Waals surface area contributed by atoms with Crippen LogP contribution in [0.4, 0.5) is 22.7 Å². The van der Waals surface area contributed by atoms with Crippen LogP contribution in [-0.2, 0) is 40.5 Å². The molecule has 0 saturated carbocycles. The minimum absolute atomic E-state index is 0. The predicted molar refractivity (Wildman–Crippen MR) is 189 cm³/mol. The fourth-order valence-corrected chi connectivity index (χ4v) is 7.98. The van der Waals surface area contributed by atoms with E-state index in [4.69, 9.17) is 0 Å². The van der Waals surface area contributed by atoms with Crippen LogP contribution in [0.3, 0.4) is 0 Å². The number of azo groups is 2. The molecule has 28 heteroatoms. The van der Waals surface area contributed by atoms with Gasteiger partial charge in [-0.1, -0.05) is 24.3 Å². The van der Waals surface area contributed by atoms with Crippen LogP contribution in [0.1, 0.15) is 11.1 Å². The molecule has 20 nitrogen and oxygen atoms in total.